The van der Waals surface area contributed by atoms with E-state index in [9.17, 15) is 9.59 Å². The molecule has 0 spiro atoms. The number of ketones is 2. The zero-order valence-corrected chi connectivity index (χ0v) is 12.0. The largest absolute Gasteiger partial charge is 0.289 e. The predicted octanol–water partition coefficient (Wildman–Crippen LogP) is 2.56. The minimum atomic E-state index is 0. The van der Waals surface area contributed by atoms with Crippen LogP contribution in [0.4, 0.5) is 0 Å². The van der Waals surface area contributed by atoms with Crippen LogP contribution in [0.15, 0.2) is 35.4 Å². The van der Waals surface area contributed by atoms with Crippen LogP contribution >= 0.6 is 0 Å². The van der Waals surface area contributed by atoms with Gasteiger partial charge in [-0.3, -0.25) is 9.59 Å². The maximum atomic E-state index is 12.2. The zero-order chi connectivity index (χ0) is 11.1. The van der Waals surface area contributed by atoms with Crippen molar-refractivity contribution >= 4 is 41.1 Å². The van der Waals surface area contributed by atoms with Crippen molar-refractivity contribution in [1.29, 1.82) is 0 Å². The summed E-state index contributed by atoms with van der Waals surface area (Å²) in [7, 11) is 0. The van der Waals surface area contributed by atoms with Crippen LogP contribution in [0.5, 0.6) is 0 Å². The van der Waals surface area contributed by atoms with Crippen LogP contribution < -0.4 is 0 Å². The van der Waals surface area contributed by atoms with Gasteiger partial charge in [-0.05, 0) is 25.7 Å². The SMILES string of the molecule is O=C1C2=C(CCCC2)C(=O)c2ccccc21.[Na]. The molecule has 0 atom stereocenters. The Kier molecular flexibility index (Phi) is 3.67. The van der Waals surface area contributed by atoms with Gasteiger partial charge in [-0.25, -0.2) is 0 Å². The normalized spacial score (nSPS) is 18.4. The molecule has 0 heterocycles. The van der Waals surface area contributed by atoms with Crippen LogP contribution in [0.25, 0.3) is 0 Å². The van der Waals surface area contributed by atoms with Crippen molar-refractivity contribution < 1.29 is 9.59 Å². The molecule has 1 radical (unpaired) electrons. The molecule has 81 valence electrons. The van der Waals surface area contributed by atoms with E-state index in [2.05, 4.69) is 0 Å². The second-order valence-corrected chi connectivity index (χ2v) is 4.37. The minimum Gasteiger partial charge on any atom is -0.289 e. The van der Waals surface area contributed by atoms with Crippen LogP contribution in [-0.4, -0.2) is 41.1 Å². The van der Waals surface area contributed by atoms with Crippen LogP contribution in [-0.2, 0) is 0 Å². The van der Waals surface area contributed by atoms with Crippen molar-refractivity contribution in [3.63, 3.8) is 0 Å². The van der Waals surface area contributed by atoms with Gasteiger partial charge in [0.25, 0.3) is 0 Å². The summed E-state index contributed by atoms with van der Waals surface area (Å²) >= 11 is 0. The molecule has 3 rings (SSSR count). The molecule has 3 heteroatoms. The first-order chi connectivity index (χ1) is 7.79. The van der Waals surface area contributed by atoms with E-state index in [1.807, 2.05) is 12.1 Å². The molecule has 2 aliphatic carbocycles. The first-order valence-corrected chi connectivity index (χ1v) is 5.69. The molecule has 2 aliphatic rings. The number of benzene rings is 1. The molecule has 1 aromatic rings. The van der Waals surface area contributed by atoms with E-state index >= 15 is 0 Å². The summed E-state index contributed by atoms with van der Waals surface area (Å²) in [5, 5.41) is 0. The second kappa shape index (κ2) is 4.89. The molecule has 0 N–H and O–H groups in total. The Labute approximate surface area is 122 Å². The van der Waals surface area contributed by atoms with E-state index in [1.165, 1.54) is 0 Å². The smallest absolute Gasteiger partial charge is 0.190 e. The number of rotatable bonds is 0. The van der Waals surface area contributed by atoms with Gasteiger partial charge in [0.1, 0.15) is 0 Å². The Morgan fingerprint density at radius 2 is 1.18 bits per heavy atom. The van der Waals surface area contributed by atoms with Gasteiger partial charge in [-0.1, -0.05) is 24.3 Å². The molecule has 0 aliphatic heterocycles. The zero-order valence-electron chi connectivity index (χ0n) is 9.95. The van der Waals surface area contributed by atoms with Crippen molar-refractivity contribution in [3.05, 3.63) is 46.5 Å². The fourth-order valence-corrected chi connectivity index (χ4v) is 2.61. The molecule has 17 heavy (non-hydrogen) atoms. The van der Waals surface area contributed by atoms with Crippen LogP contribution in [0.1, 0.15) is 46.4 Å². The number of Topliss-reactive ketones (excluding diaryl/α,β-unsaturated/α-hetero) is 2. The minimum absolute atomic E-state index is 0. The van der Waals surface area contributed by atoms with Crippen LogP contribution in [0, 0.1) is 0 Å². The summed E-state index contributed by atoms with van der Waals surface area (Å²) in [6.45, 7) is 0. The fraction of sp³-hybridized carbons (Fsp3) is 0.286. The Morgan fingerprint density at radius 3 is 1.59 bits per heavy atom. The molecule has 0 aromatic heterocycles. The molecule has 0 bridgehead atoms. The van der Waals surface area contributed by atoms with Crippen molar-refractivity contribution in [2.75, 3.05) is 0 Å². The van der Waals surface area contributed by atoms with E-state index in [0.29, 0.717) is 11.1 Å². The van der Waals surface area contributed by atoms with E-state index in [4.69, 9.17) is 0 Å². The third kappa shape index (κ3) is 1.95. The number of fused-ring (bicyclic) bond motifs is 1. The van der Waals surface area contributed by atoms with Crippen molar-refractivity contribution in [2.45, 2.75) is 25.7 Å². The Hall–Kier alpha value is -0.700. The van der Waals surface area contributed by atoms with Gasteiger partial charge >= 0.3 is 0 Å². The van der Waals surface area contributed by atoms with Crippen molar-refractivity contribution in [3.8, 4) is 0 Å². The number of hydrogen-bond donors (Lipinski definition) is 0. The molecule has 2 nitrogen and oxygen atoms in total. The summed E-state index contributed by atoms with van der Waals surface area (Å²) in [6.07, 6.45) is 3.60. The van der Waals surface area contributed by atoms with Crippen LogP contribution in [0.3, 0.4) is 0 Å². The Bertz CT molecular complexity index is 482. The number of hydrogen-bond acceptors (Lipinski definition) is 2. The maximum Gasteiger partial charge on any atom is 0.190 e. The van der Waals surface area contributed by atoms with Crippen molar-refractivity contribution in [2.24, 2.45) is 0 Å². The molecule has 0 amide bonds. The van der Waals surface area contributed by atoms with Crippen LogP contribution in [0.2, 0.25) is 0 Å². The Morgan fingerprint density at radius 1 is 0.765 bits per heavy atom. The average molecular weight is 235 g/mol. The second-order valence-electron chi connectivity index (χ2n) is 4.37. The molecule has 0 saturated heterocycles. The van der Waals surface area contributed by atoms with Gasteiger partial charge < -0.3 is 0 Å². The topological polar surface area (TPSA) is 34.1 Å². The summed E-state index contributed by atoms with van der Waals surface area (Å²) in [6, 6.07) is 7.15. The summed E-state index contributed by atoms with van der Waals surface area (Å²) < 4.78 is 0. The number of carbonyl (C=O) groups excluding carboxylic acids is 2. The maximum absolute atomic E-state index is 12.2. The summed E-state index contributed by atoms with van der Waals surface area (Å²) in [5.41, 5.74) is 2.73. The predicted molar refractivity (Wildman–Crippen MR) is 66.4 cm³/mol. The van der Waals surface area contributed by atoms with Gasteiger partial charge in [-0.15, -0.1) is 0 Å². The average Bonchev–Trinajstić information content (AvgIpc) is 2.36. The Balaban J connectivity index is 0.00000108. The van der Waals surface area contributed by atoms with E-state index in [-0.39, 0.29) is 41.1 Å². The number of carbonyl (C=O) groups is 2. The molecule has 0 unspecified atom stereocenters. The van der Waals surface area contributed by atoms with Gasteiger partial charge in [0, 0.05) is 51.8 Å². The molecular formula is C14H12NaO2. The summed E-state index contributed by atoms with van der Waals surface area (Å²) in [4.78, 5) is 24.4. The quantitative estimate of drug-likeness (QED) is 0.647. The summed E-state index contributed by atoms with van der Waals surface area (Å²) in [5.74, 6) is 0.148. The first kappa shape index (κ1) is 12.7. The van der Waals surface area contributed by atoms with E-state index in [0.717, 1.165) is 36.8 Å². The molecule has 0 saturated carbocycles. The van der Waals surface area contributed by atoms with Gasteiger partial charge in [-0.2, -0.15) is 0 Å². The third-order valence-corrected chi connectivity index (χ3v) is 3.43. The van der Waals surface area contributed by atoms with Crippen molar-refractivity contribution in [1.82, 2.24) is 0 Å². The molecule has 1 aromatic carbocycles. The van der Waals surface area contributed by atoms with Gasteiger partial charge in [0.2, 0.25) is 0 Å². The van der Waals surface area contributed by atoms with Gasteiger partial charge in [0.05, 0.1) is 0 Å². The number of allylic oxidation sites excluding steroid dienone is 2. The molecule has 0 fully saturated rings. The molecular weight excluding hydrogens is 223 g/mol. The fourth-order valence-electron chi connectivity index (χ4n) is 2.61. The third-order valence-electron chi connectivity index (χ3n) is 3.43. The standard InChI is InChI=1S/C14H12O2.Na/c15-13-9-5-1-2-6-10(9)14(16)12-8-4-3-7-11(12)13;/h1-2,5-6H,3-4,7-8H2;. The van der Waals surface area contributed by atoms with Gasteiger partial charge in [0.15, 0.2) is 11.6 Å². The first-order valence-electron chi connectivity index (χ1n) is 5.69. The van der Waals surface area contributed by atoms with E-state index < -0.39 is 0 Å². The van der Waals surface area contributed by atoms with E-state index in [1.54, 1.807) is 12.1 Å². The monoisotopic (exact) mass is 235 g/mol.